The summed E-state index contributed by atoms with van der Waals surface area (Å²) in [5.41, 5.74) is 2.54. The number of carbonyl (C=O) groups is 2. The number of esters is 1. The zero-order valence-electron chi connectivity index (χ0n) is 18.1. The van der Waals surface area contributed by atoms with Gasteiger partial charge in [0.2, 0.25) is 0 Å². The van der Waals surface area contributed by atoms with Gasteiger partial charge in [0, 0.05) is 36.8 Å². The zero-order valence-corrected chi connectivity index (χ0v) is 18.1. The van der Waals surface area contributed by atoms with Gasteiger partial charge < -0.3 is 14.4 Å². The molecule has 29 heavy (non-hydrogen) atoms. The molecule has 1 fully saturated rings. The molecule has 1 aromatic rings. The molecule has 0 radical (unpaired) electrons. The van der Waals surface area contributed by atoms with Gasteiger partial charge in [0.15, 0.2) is 0 Å². The molecule has 8 heteroatoms. The maximum Gasteiger partial charge on any atom is 0.342 e. The minimum absolute atomic E-state index is 0.119. The van der Waals surface area contributed by atoms with Crippen molar-refractivity contribution in [2.45, 2.75) is 59.0 Å². The summed E-state index contributed by atoms with van der Waals surface area (Å²) in [6.45, 7) is 12.5. The van der Waals surface area contributed by atoms with Crippen molar-refractivity contribution in [1.82, 2.24) is 20.0 Å². The largest absolute Gasteiger partial charge is 0.459 e. The van der Waals surface area contributed by atoms with E-state index in [1.54, 1.807) is 16.0 Å². The van der Waals surface area contributed by atoms with Crippen molar-refractivity contribution in [1.29, 1.82) is 0 Å². The maximum absolute atomic E-state index is 13.2. The third-order valence-electron chi connectivity index (χ3n) is 5.21. The summed E-state index contributed by atoms with van der Waals surface area (Å²) in [6, 6.07) is -0.119. The Morgan fingerprint density at radius 2 is 2.00 bits per heavy atom. The summed E-state index contributed by atoms with van der Waals surface area (Å²) in [6.07, 6.45) is 3.12. The number of aryl methyl sites for hydroxylation is 1. The van der Waals surface area contributed by atoms with Gasteiger partial charge in [-0.3, -0.25) is 10.00 Å². The molecule has 0 aliphatic carbocycles. The van der Waals surface area contributed by atoms with Gasteiger partial charge in [0.1, 0.15) is 5.57 Å². The molecule has 3 rings (SSSR count). The number of nitrogens with one attached hydrogen (secondary N) is 1. The number of aromatic amines is 1. The lowest BCUT2D eigenvalue weighted by atomic mass is 9.81. The predicted octanol–water partition coefficient (Wildman–Crippen LogP) is 2.70. The van der Waals surface area contributed by atoms with Gasteiger partial charge in [-0.05, 0) is 20.3 Å². The van der Waals surface area contributed by atoms with Crippen LogP contribution in [0.1, 0.15) is 58.0 Å². The van der Waals surface area contributed by atoms with E-state index in [0.29, 0.717) is 44.1 Å². The second-order valence-electron chi connectivity index (χ2n) is 8.56. The van der Waals surface area contributed by atoms with E-state index in [1.807, 2.05) is 13.8 Å². The molecule has 3 heterocycles. The fourth-order valence-electron chi connectivity index (χ4n) is 3.98. The van der Waals surface area contributed by atoms with Crippen LogP contribution in [0.5, 0.6) is 0 Å². The molecule has 0 unspecified atom stereocenters. The van der Waals surface area contributed by atoms with Crippen molar-refractivity contribution in [2.75, 3.05) is 32.8 Å². The van der Waals surface area contributed by atoms with Crippen LogP contribution in [0.2, 0.25) is 0 Å². The first kappa shape index (κ1) is 21.4. The van der Waals surface area contributed by atoms with E-state index in [2.05, 4.69) is 31.0 Å². The molecule has 0 aromatic carbocycles. The molecule has 0 spiro atoms. The number of nitrogens with zero attached hydrogens (tertiary/aromatic N) is 3. The van der Waals surface area contributed by atoms with E-state index < -0.39 is 5.97 Å². The van der Waals surface area contributed by atoms with Crippen molar-refractivity contribution in [2.24, 2.45) is 0 Å². The molecular formula is C21H32N4O4. The number of morpholine rings is 1. The first-order valence-corrected chi connectivity index (χ1v) is 10.4. The molecule has 0 bridgehead atoms. The summed E-state index contributed by atoms with van der Waals surface area (Å²) in [5, 5.41) is 7.55. The van der Waals surface area contributed by atoms with Gasteiger partial charge in [-0.15, -0.1) is 0 Å². The zero-order chi connectivity index (χ0) is 21.2. The van der Waals surface area contributed by atoms with E-state index in [1.165, 1.54) is 0 Å². The Morgan fingerprint density at radius 1 is 1.31 bits per heavy atom. The fraction of sp³-hybridized carbons (Fsp3) is 0.667. The number of ether oxygens (including phenoxy) is 2. The molecule has 1 N–H and O–H groups in total. The summed E-state index contributed by atoms with van der Waals surface area (Å²) < 4.78 is 10.9. The van der Waals surface area contributed by atoms with Crippen LogP contribution in [-0.4, -0.2) is 70.9 Å². The minimum atomic E-state index is -0.453. The Bertz CT molecular complexity index is 791. The number of H-pyrrole nitrogens is 1. The Balaban J connectivity index is 2.05. The summed E-state index contributed by atoms with van der Waals surface area (Å²) in [4.78, 5) is 29.6. The van der Waals surface area contributed by atoms with Crippen LogP contribution in [-0.2, 0) is 26.1 Å². The number of fused-ring (bicyclic) bond motifs is 1. The van der Waals surface area contributed by atoms with Crippen LogP contribution < -0.4 is 0 Å². The fourth-order valence-corrected chi connectivity index (χ4v) is 3.98. The van der Waals surface area contributed by atoms with E-state index in [4.69, 9.17) is 9.47 Å². The number of aromatic nitrogens is 2. The molecule has 1 saturated heterocycles. The van der Waals surface area contributed by atoms with Crippen molar-refractivity contribution in [3.05, 3.63) is 23.2 Å². The monoisotopic (exact) mass is 404 g/mol. The van der Waals surface area contributed by atoms with Crippen molar-refractivity contribution in [3.8, 4) is 0 Å². The lowest BCUT2D eigenvalue weighted by Crippen LogP contribution is -2.49. The summed E-state index contributed by atoms with van der Waals surface area (Å²) >= 11 is 0. The Hall–Kier alpha value is -2.35. The third-order valence-corrected chi connectivity index (χ3v) is 5.21. The van der Waals surface area contributed by atoms with Crippen molar-refractivity contribution < 1.29 is 19.1 Å². The van der Waals surface area contributed by atoms with Crippen LogP contribution in [0.15, 0.2) is 6.20 Å². The van der Waals surface area contributed by atoms with E-state index >= 15 is 0 Å². The number of hydrogen-bond acceptors (Lipinski definition) is 5. The van der Waals surface area contributed by atoms with Gasteiger partial charge in [0.05, 0.1) is 30.7 Å². The summed E-state index contributed by atoms with van der Waals surface area (Å²) in [7, 11) is 0. The Kier molecular flexibility index (Phi) is 6.31. The lowest BCUT2D eigenvalue weighted by molar-refractivity contribution is -0.140. The predicted molar refractivity (Wildman–Crippen MR) is 109 cm³/mol. The van der Waals surface area contributed by atoms with Gasteiger partial charge in [-0.25, -0.2) is 9.59 Å². The minimum Gasteiger partial charge on any atom is -0.459 e. The van der Waals surface area contributed by atoms with E-state index in [0.717, 1.165) is 24.1 Å². The standard InChI is InChI=1S/C21H32N4O4/c1-6-7-16-17-18(23-22-16)15(19(26)29-14(2)3)12-25(13-21(17,4)5)20(27)24-8-10-28-11-9-24/h12,14H,6-11,13H2,1-5H3,(H,22,23). The second-order valence-corrected chi connectivity index (χ2v) is 8.56. The molecule has 1 aromatic heterocycles. The van der Waals surface area contributed by atoms with Gasteiger partial charge in [-0.1, -0.05) is 27.2 Å². The number of urea groups is 1. The highest BCUT2D eigenvalue weighted by Crippen LogP contribution is 2.37. The molecule has 0 atom stereocenters. The highest BCUT2D eigenvalue weighted by molar-refractivity contribution is 6.16. The lowest BCUT2D eigenvalue weighted by Gasteiger charge is -2.35. The van der Waals surface area contributed by atoms with E-state index in [-0.39, 0.29) is 17.6 Å². The topological polar surface area (TPSA) is 87.8 Å². The van der Waals surface area contributed by atoms with Gasteiger partial charge >= 0.3 is 12.0 Å². The number of carbonyl (C=O) groups excluding carboxylic acids is 2. The average molecular weight is 405 g/mol. The maximum atomic E-state index is 13.2. The average Bonchev–Trinajstić information content (AvgIpc) is 3.04. The Morgan fingerprint density at radius 3 is 2.62 bits per heavy atom. The van der Waals surface area contributed by atoms with Crippen molar-refractivity contribution in [3.63, 3.8) is 0 Å². The van der Waals surface area contributed by atoms with Crippen LogP contribution in [0.4, 0.5) is 4.79 Å². The van der Waals surface area contributed by atoms with Crippen LogP contribution >= 0.6 is 0 Å². The van der Waals surface area contributed by atoms with Crippen LogP contribution in [0.25, 0.3) is 5.57 Å². The van der Waals surface area contributed by atoms with Crippen LogP contribution in [0, 0.1) is 0 Å². The number of rotatable bonds is 4. The smallest absolute Gasteiger partial charge is 0.342 e. The number of hydrogen-bond donors (Lipinski definition) is 1. The second kappa shape index (κ2) is 8.57. The molecule has 2 aliphatic rings. The van der Waals surface area contributed by atoms with Crippen molar-refractivity contribution >= 4 is 17.6 Å². The molecule has 2 aliphatic heterocycles. The molecule has 2 amide bonds. The normalized spacial score (nSPS) is 18.9. The summed E-state index contributed by atoms with van der Waals surface area (Å²) in [5.74, 6) is -0.453. The van der Waals surface area contributed by atoms with Crippen LogP contribution in [0.3, 0.4) is 0 Å². The van der Waals surface area contributed by atoms with E-state index in [9.17, 15) is 9.59 Å². The van der Waals surface area contributed by atoms with Gasteiger partial charge in [0.25, 0.3) is 0 Å². The quantitative estimate of drug-likeness (QED) is 0.780. The SMILES string of the molecule is CCCc1n[nH]c2c1C(C)(C)CN(C(=O)N1CCOCC1)C=C2C(=O)OC(C)C. The molecular weight excluding hydrogens is 372 g/mol. The molecule has 8 nitrogen and oxygen atoms in total. The molecule has 160 valence electrons. The first-order valence-electron chi connectivity index (χ1n) is 10.4. The molecule has 0 saturated carbocycles. The third kappa shape index (κ3) is 4.47. The first-order chi connectivity index (χ1) is 13.7. The highest BCUT2D eigenvalue weighted by Gasteiger charge is 2.39. The Labute approximate surface area is 172 Å². The number of amides is 2. The highest BCUT2D eigenvalue weighted by atomic mass is 16.5. The van der Waals surface area contributed by atoms with Gasteiger partial charge in [-0.2, -0.15) is 5.10 Å².